The summed E-state index contributed by atoms with van der Waals surface area (Å²) in [4.78, 5) is 0. The maximum absolute atomic E-state index is 6.27. The Balaban J connectivity index is 2.21. The van der Waals surface area contributed by atoms with E-state index in [1.54, 1.807) is 0 Å². The van der Waals surface area contributed by atoms with Gasteiger partial charge in [-0.3, -0.25) is 0 Å². The van der Waals surface area contributed by atoms with Gasteiger partial charge in [0.15, 0.2) is 0 Å². The van der Waals surface area contributed by atoms with E-state index in [0.717, 1.165) is 12.2 Å². The number of hydrogen-bond donors (Lipinski definition) is 1. The summed E-state index contributed by atoms with van der Waals surface area (Å²) in [5.74, 6) is 0.931. The number of unbranched alkanes of at least 4 members (excludes halogenated alkanes) is 6. The predicted molar refractivity (Wildman–Crippen MR) is 87.1 cm³/mol. The van der Waals surface area contributed by atoms with Crippen LogP contribution in [0.15, 0.2) is 24.3 Å². The Hall–Kier alpha value is -1.02. The van der Waals surface area contributed by atoms with Gasteiger partial charge in [0.2, 0.25) is 0 Å². The zero-order valence-corrected chi connectivity index (χ0v) is 13.2. The van der Waals surface area contributed by atoms with Crippen molar-refractivity contribution in [1.82, 2.24) is 0 Å². The van der Waals surface area contributed by atoms with Crippen molar-refractivity contribution in [2.24, 2.45) is 5.73 Å². The van der Waals surface area contributed by atoms with Crippen molar-refractivity contribution in [2.45, 2.75) is 71.3 Å². The normalized spacial score (nSPS) is 12.3. The minimum absolute atomic E-state index is 0.144. The minimum Gasteiger partial charge on any atom is -0.494 e. The fourth-order valence-corrected chi connectivity index (χ4v) is 2.49. The molecular weight excluding hydrogens is 246 g/mol. The van der Waals surface area contributed by atoms with Crippen LogP contribution >= 0.6 is 0 Å². The number of nitrogens with two attached hydrogens (primary N) is 1. The summed E-state index contributed by atoms with van der Waals surface area (Å²) in [5.41, 5.74) is 7.46. The van der Waals surface area contributed by atoms with Crippen LogP contribution in [0, 0.1) is 0 Å². The van der Waals surface area contributed by atoms with E-state index < -0.39 is 0 Å². The lowest BCUT2D eigenvalue weighted by molar-refractivity contribution is 0.339. The van der Waals surface area contributed by atoms with Crippen LogP contribution in [0.1, 0.15) is 76.8 Å². The van der Waals surface area contributed by atoms with Gasteiger partial charge >= 0.3 is 0 Å². The molecule has 0 fully saturated rings. The predicted octanol–water partition coefficient (Wildman–Crippen LogP) is 5.23. The molecule has 0 bridgehead atoms. The van der Waals surface area contributed by atoms with Gasteiger partial charge in [-0.05, 0) is 31.0 Å². The molecule has 0 aromatic heterocycles. The Morgan fingerprint density at radius 2 is 1.70 bits per heavy atom. The summed E-state index contributed by atoms with van der Waals surface area (Å²) in [5, 5.41) is 0. The van der Waals surface area contributed by atoms with Crippen LogP contribution in [0.2, 0.25) is 0 Å². The highest BCUT2D eigenvalue weighted by Gasteiger charge is 2.06. The third kappa shape index (κ3) is 6.95. The van der Waals surface area contributed by atoms with Gasteiger partial charge in [0.1, 0.15) is 5.75 Å². The molecule has 0 amide bonds. The van der Waals surface area contributed by atoms with Crippen LogP contribution in [0.4, 0.5) is 0 Å². The van der Waals surface area contributed by atoms with Crippen LogP contribution in [-0.2, 0) is 0 Å². The molecule has 0 saturated carbocycles. The van der Waals surface area contributed by atoms with E-state index in [-0.39, 0.29) is 6.04 Å². The molecule has 1 aromatic rings. The van der Waals surface area contributed by atoms with Gasteiger partial charge in [-0.2, -0.15) is 0 Å². The number of rotatable bonds is 11. The molecule has 2 nitrogen and oxygen atoms in total. The summed E-state index contributed by atoms with van der Waals surface area (Å²) in [6.45, 7) is 4.97. The van der Waals surface area contributed by atoms with Crippen molar-refractivity contribution in [2.75, 3.05) is 6.61 Å². The summed E-state index contributed by atoms with van der Waals surface area (Å²) in [6.07, 6.45) is 10.4. The Bertz CT molecular complexity index is 351. The minimum atomic E-state index is 0.144. The molecule has 0 aliphatic rings. The topological polar surface area (TPSA) is 35.2 Å². The first-order valence-corrected chi connectivity index (χ1v) is 8.26. The van der Waals surface area contributed by atoms with Crippen molar-refractivity contribution >= 4 is 0 Å². The van der Waals surface area contributed by atoms with Gasteiger partial charge in [0.25, 0.3) is 0 Å². The lowest BCUT2D eigenvalue weighted by Gasteiger charge is -2.13. The zero-order valence-electron chi connectivity index (χ0n) is 13.2. The third-order valence-electron chi connectivity index (χ3n) is 3.72. The van der Waals surface area contributed by atoms with E-state index in [0.29, 0.717) is 6.61 Å². The van der Waals surface area contributed by atoms with Crippen molar-refractivity contribution < 1.29 is 4.74 Å². The van der Waals surface area contributed by atoms with Crippen LogP contribution in [0.25, 0.3) is 0 Å². The Kier molecular flexibility index (Phi) is 9.14. The van der Waals surface area contributed by atoms with Gasteiger partial charge in [0, 0.05) is 6.04 Å². The third-order valence-corrected chi connectivity index (χ3v) is 3.72. The summed E-state index contributed by atoms with van der Waals surface area (Å²) < 4.78 is 5.52. The molecule has 1 aromatic carbocycles. The second-order valence-corrected chi connectivity index (χ2v) is 5.52. The first kappa shape index (κ1) is 17.0. The van der Waals surface area contributed by atoms with Gasteiger partial charge < -0.3 is 10.5 Å². The average Bonchev–Trinajstić information content (AvgIpc) is 2.47. The summed E-state index contributed by atoms with van der Waals surface area (Å²) >= 11 is 0. The van der Waals surface area contributed by atoms with Gasteiger partial charge in [0.05, 0.1) is 6.61 Å². The lowest BCUT2D eigenvalue weighted by Crippen LogP contribution is -2.10. The smallest absolute Gasteiger partial charge is 0.119 e. The van der Waals surface area contributed by atoms with Crippen molar-refractivity contribution in [3.63, 3.8) is 0 Å². The standard InChI is InChI=1S/C18H31NO/c1-3-5-6-7-8-9-10-14-18(19)16-12-11-13-17(15-16)20-4-2/h11-13,15,18H,3-10,14,19H2,1-2H3. The second-order valence-electron chi connectivity index (χ2n) is 5.52. The maximum atomic E-state index is 6.27. The van der Waals surface area contributed by atoms with Crippen LogP contribution in [0.5, 0.6) is 5.75 Å². The molecular formula is C18H31NO. The first-order chi connectivity index (χ1) is 9.77. The number of benzene rings is 1. The van der Waals surface area contributed by atoms with Crippen molar-refractivity contribution in [3.05, 3.63) is 29.8 Å². The molecule has 0 spiro atoms. The highest BCUT2D eigenvalue weighted by Crippen LogP contribution is 2.22. The molecule has 2 N–H and O–H groups in total. The van der Waals surface area contributed by atoms with Crippen LogP contribution in [-0.4, -0.2) is 6.61 Å². The fraction of sp³-hybridized carbons (Fsp3) is 0.667. The van der Waals surface area contributed by atoms with E-state index in [9.17, 15) is 0 Å². The van der Waals surface area contributed by atoms with E-state index in [1.807, 2.05) is 19.1 Å². The molecule has 114 valence electrons. The van der Waals surface area contributed by atoms with E-state index >= 15 is 0 Å². The molecule has 0 radical (unpaired) electrons. The Morgan fingerprint density at radius 3 is 2.40 bits per heavy atom. The quantitative estimate of drug-likeness (QED) is 0.562. The number of ether oxygens (including phenoxy) is 1. The molecule has 1 unspecified atom stereocenters. The van der Waals surface area contributed by atoms with E-state index in [1.165, 1.54) is 50.5 Å². The largest absolute Gasteiger partial charge is 0.494 e. The van der Waals surface area contributed by atoms with Gasteiger partial charge in [-0.1, -0.05) is 64.0 Å². The molecule has 0 aliphatic carbocycles. The molecule has 20 heavy (non-hydrogen) atoms. The number of hydrogen-bond acceptors (Lipinski definition) is 2. The monoisotopic (exact) mass is 277 g/mol. The molecule has 1 atom stereocenters. The maximum Gasteiger partial charge on any atom is 0.119 e. The SMILES string of the molecule is CCCCCCCCCC(N)c1cccc(OCC)c1. The Labute approximate surface area is 124 Å². The highest BCUT2D eigenvalue weighted by molar-refractivity contribution is 5.30. The Morgan fingerprint density at radius 1 is 1.00 bits per heavy atom. The van der Waals surface area contributed by atoms with Crippen molar-refractivity contribution in [1.29, 1.82) is 0 Å². The van der Waals surface area contributed by atoms with Gasteiger partial charge in [-0.25, -0.2) is 0 Å². The van der Waals surface area contributed by atoms with E-state index in [2.05, 4.69) is 19.1 Å². The van der Waals surface area contributed by atoms with Crippen LogP contribution in [0.3, 0.4) is 0 Å². The summed E-state index contributed by atoms with van der Waals surface area (Å²) in [7, 11) is 0. The zero-order chi connectivity index (χ0) is 14.6. The molecule has 0 saturated heterocycles. The highest BCUT2D eigenvalue weighted by atomic mass is 16.5. The van der Waals surface area contributed by atoms with Crippen LogP contribution < -0.4 is 10.5 Å². The molecule has 2 heteroatoms. The fourth-order valence-electron chi connectivity index (χ4n) is 2.49. The second kappa shape index (κ2) is 10.7. The lowest BCUT2D eigenvalue weighted by atomic mass is 10.00. The summed E-state index contributed by atoms with van der Waals surface area (Å²) in [6, 6.07) is 8.36. The molecule has 0 heterocycles. The molecule has 1 rings (SSSR count). The first-order valence-electron chi connectivity index (χ1n) is 8.26. The molecule has 0 aliphatic heterocycles. The average molecular weight is 277 g/mol. The van der Waals surface area contributed by atoms with E-state index in [4.69, 9.17) is 10.5 Å². The van der Waals surface area contributed by atoms with Gasteiger partial charge in [-0.15, -0.1) is 0 Å². The van der Waals surface area contributed by atoms with Crippen molar-refractivity contribution in [3.8, 4) is 5.75 Å².